The smallest absolute Gasteiger partial charge is 0.312 e. The van der Waals surface area contributed by atoms with Crippen molar-refractivity contribution in [1.82, 2.24) is 31.2 Å². The number of nitrogens with one attached hydrogen (secondary N) is 4. The molecule has 15 nitrogen and oxygen atoms in total. The lowest BCUT2D eigenvalue weighted by Crippen LogP contribution is -2.41. The topological polar surface area (TPSA) is 205 Å². The number of carbonyl (C=O) groups is 4. The van der Waals surface area contributed by atoms with Crippen LogP contribution in [0.15, 0.2) is 18.2 Å². The van der Waals surface area contributed by atoms with Gasteiger partial charge in [-0.25, -0.2) is 14.8 Å². The molecule has 0 bridgehead atoms. The fraction of sp³-hybridized carbons (Fsp3) is 0.600. The number of halogens is 2. The van der Waals surface area contributed by atoms with Crippen LogP contribution in [-0.4, -0.2) is 112 Å². The van der Waals surface area contributed by atoms with Gasteiger partial charge in [-0.1, -0.05) is 31.9 Å². The summed E-state index contributed by atoms with van der Waals surface area (Å²) in [7, 11) is 0. The van der Waals surface area contributed by atoms with Crippen molar-refractivity contribution in [2.24, 2.45) is 5.73 Å². The molecule has 1 aromatic heterocycles. The molecule has 0 radical (unpaired) electrons. The number of hydrogen-bond acceptors (Lipinski definition) is 10. The highest BCUT2D eigenvalue weighted by molar-refractivity contribution is 9.09. The Labute approximate surface area is 291 Å². The number of amides is 5. The van der Waals surface area contributed by atoms with Crippen LogP contribution in [0.5, 0.6) is 0 Å². The average molecular weight is 792 g/mol. The van der Waals surface area contributed by atoms with E-state index in [2.05, 4.69) is 63.1 Å². The Morgan fingerprint density at radius 1 is 0.766 bits per heavy atom. The zero-order chi connectivity index (χ0) is 34.3. The average Bonchev–Trinajstić information content (AvgIpc) is 3.06. The summed E-state index contributed by atoms with van der Waals surface area (Å²) in [6, 6.07) is 4.58. The van der Waals surface area contributed by atoms with E-state index in [0.717, 1.165) is 16.9 Å². The molecule has 2 rings (SSSR count). The van der Waals surface area contributed by atoms with E-state index in [4.69, 9.17) is 24.7 Å². The lowest BCUT2D eigenvalue weighted by molar-refractivity contribution is -0.127. The van der Waals surface area contributed by atoms with Crippen LogP contribution < -0.4 is 27.0 Å². The molecule has 0 aliphatic rings. The summed E-state index contributed by atoms with van der Waals surface area (Å²) in [5, 5.41) is 11.8. The monoisotopic (exact) mass is 789 g/mol. The van der Waals surface area contributed by atoms with E-state index in [-0.39, 0.29) is 43.3 Å². The molecule has 0 spiro atoms. The Balaban J connectivity index is 1.38. The van der Waals surface area contributed by atoms with Crippen molar-refractivity contribution in [2.45, 2.75) is 42.9 Å². The summed E-state index contributed by atoms with van der Waals surface area (Å²) >= 11 is 6.85. The van der Waals surface area contributed by atoms with Gasteiger partial charge >= 0.3 is 6.03 Å². The van der Waals surface area contributed by atoms with Crippen LogP contribution in [0, 0.1) is 0 Å². The fourth-order valence-electron chi connectivity index (χ4n) is 4.03. The number of hydrogen-bond donors (Lipinski definition) is 5. The number of carbonyl (C=O) groups excluding carboxylic acids is 4. The van der Waals surface area contributed by atoms with E-state index in [1.807, 2.05) is 6.92 Å². The van der Waals surface area contributed by atoms with Crippen LogP contribution in [-0.2, 0) is 39.2 Å². The molecule has 47 heavy (non-hydrogen) atoms. The van der Waals surface area contributed by atoms with Crippen LogP contribution in [0.3, 0.4) is 0 Å². The zero-order valence-electron chi connectivity index (χ0n) is 26.6. The van der Waals surface area contributed by atoms with Crippen molar-refractivity contribution in [3.8, 4) is 0 Å². The minimum atomic E-state index is -0.578. The van der Waals surface area contributed by atoms with E-state index < -0.39 is 6.03 Å². The number of benzene rings is 1. The van der Waals surface area contributed by atoms with Crippen LogP contribution >= 0.6 is 31.9 Å². The van der Waals surface area contributed by atoms with Gasteiger partial charge in [0.2, 0.25) is 11.8 Å². The van der Waals surface area contributed by atoms with Crippen molar-refractivity contribution in [2.75, 3.05) is 72.5 Å². The lowest BCUT2D eigenvalue weighted by atomic mass is 10.1. The van der Waals surface area contributed by atoms with Gasteiger partial charge in [0.05, 0.1) is 81.8 Å². The van der Waals surface area contributed by atoms with Gasteiger partial charge in [0, 0.05) is 41.8 Å². The van der Waals surface area contributed by atoms with Gasteiger partial charge in [0.15, 0.2) is 0 Å². The van der Waals surface area contributed by atoms with E-state index in [9.17, 15) is 19.2 Å². The number of rotatable bonds is 25. The van der Waals surface area contributed by atoms with Crippen LogP contribution in [0.4, 0.5) is 4.79 Å². The highest BCUT2D eigenvalue weighted by atomic mass is 79.9. The molecule has 0 saturated heterocycles. The van der Waals surface area contributed by atoms with Crippen LogP contribution in [0.2, 0.25) is 0 Å². The molecule has 1 aromatic carbocycles. The van der Waals surface area contributed by atoms with Crippen molar-refractivity contribution < 1.29 is 38.1 Å². The van der Waals surface area contributed by atoms with Gasteiger partial charge in [-0.3, -0.25) is 14.4 Å². The van der Waals surface area contributed by atoms with Crippen molar-refractivity contribution in [1.29, 1.82) is 0 Å². The molecule has 5 amide bonds. The maximum absolute atomic E-state index is 12.5. The van der Waals surface area contributed by atoms with Gasteiger partial charge < -0.3 is 45.9 Å². The van der Waals surface area contributed by atoms with Crippen LogP contribution in [0.1, 0.15) is 47.9 Å². The lowest BCUT2D eigenvalue weighted by Gasteiger charge is -2.14. The van der Waals surface area contributed by atoms with Gasteiger partial charge in [-0.2, -0.15) is 0 Å². The molecule has 0 aliphatic heterocycles. The predicted octanol–water partition coefficient (Wildman–Crippen LogP) is 1.68. The first-order chi connectivity index (χ1) is 22.7. The summed E-state index contributed by atoms with van der Waals surface area (Å²) in [5.41, 5.74) is 8.59. The highest BCUT2D eigenvalue weighted by Crippen LogP contribution is 2.18. The van der Waals surface area contributed by atoms with Gasteiger partial charge in [-0.05, 0) is 38.0 Å². The van der Waals surface area contributed by atoms with E-state index in [1.165, 1.54) is 0 Å². The molecule has 6 N–H and O–H groups in total. The number of aromatic nitrogens is 2. The Morgan fingerprint density at radius 3 is 1.98 bits per heavy atom. The molecule has 2 aromatic rings. The molecular weight excluding hydrogens is 746 g/mol. The highest BCUT2D eigenvalue weighted by Gasteiger charge is 2.12. The standard InChI is InChI=1S/C30H45Br2N7O8/c1-21(3-2-7-35-30(33)43)37-28(41)20-36-27(40)6-9-44-11-13-46-15-16-47-14-12-45-10-8-34-29(42)22-4-5-23-24(17-22)39-26(19-32)25(18-31)38-23/h4-5,17,21H,2-3,6-16,18-20H2,1H3,(H,34,42)(H,36,40)(H,37,41)(H3,33,35,43)/t21-/m1/s1. The second-order valence-electron chi connectivity index (χ2n) is 10.2. The Kier molecular flexibility index (Phi) is 20.7. The molecule has 0 unspecified atom stereocenters. The SMILES string of the molecule is C[C@H](CCCNC(N)=O)NC(=O)CNC(=O)CCOCCOCCOCCOCCNC(=O)c1ccc2nc(CBr)c(CBr)nc2c1. The van der Waals surface area contributed by atoms with Crippen molar-refractivity contribution in [3.05, 3.63) is 35.2 Å². The molecule has 262 valence electrons. The molecule has 0 saturated carbocycles. The van der Waals surface area contributed by atoms with Gasteiger partial charge in [-0.15, -0.1) is 0 Å². The molecule has 0 aliphatic carbocycles. The Hall–Kier alpha value is -2.96. The molecular formula is C30H45Br2N7O8. The number of nitrogens with zero attached hydrogens (tertiary/aromatic N) is 2. The predicted molar refractivity (Wildman–Crippen MR) is 182 cm³/mol. The Morgan fingerprint density at radius 2 is 1.36 bits per heavy atom. The van der Waals surface area contributed by atoms with Gasteiger partial charge in [0.1, 0.15) is 0 Å². The summed E-state index contributed by atoms with van der Waals surface area (Å²) in [4.78, 5) is 56.2. The normalized spacial score (nSPS) is 11.6. The number of ether oxygens (including phenoxy) is 4. The third kappa shape index (κ3) is 17.7. The van der Waals surface area contributed by atoms with Crippen molar-refractivity contribution >= 4 is 66.6 Å². The van der Waals surface area contributed by atoms with Gasteiger partial charge in [0.25, 0.3) is 5.91 Å². The second kappa shape index (κ2) is 24.2. The summed E-state index contributed by atoms with van der Waals surface area (Å²) < 4.78 is 21.8. The maximum Gasteiger partial charge on any atom is 0.312 e. The number of fused-ring (bicyclic) bond motifs is 1. The fourth-order valence-corrected chi connectivity index (χ4v) is 4.93. The second-order valence-corrected chi connectivity index (χ2v) is 11.3. The summed E-state index contributed by atoms with van der Waals surface area (Å²) in [5.74, 6) is -0.785. The van der Waals surface area contributed by atoms with E-state index >= 15 is 0 Å². The Bertz CT molecular complexity index is 1270. The van der Waals surface area contributed by atoms with E-state index in [0.29, 0.717) is 93.9 Å². The number of alkyl halides is 2. The van der Waals surface area contributed by atoms with Crippen LogP contribution in [0.25, 0.3) is 11.0 Å². The summed E-state index contributed by atoms with van der Waals surface area (Å²) in [6.07, 6.45) is 1.47. The third-order valence-corrected chi connectivity index (χ3v) is 7.49. The minimum absolute atomic E-state index is 0.0943. The minimum Gasteiger partial charge on any atom is -0.379 e. The quantitative estimate of drug-likeness (QED) is 0.0727. The maximum atomic E-state index is 12.5. The molecule has 0 fully saturated rings. The first kappa shape index (κ1) is 40.2. The third-order valence-electron chi connectivity index (χ3n) is 6.42. The largest absolute Gasteiger partial charge is 0.379 e. The first-order valence-corrected chi connectivity index (χ1v) is 17.6. The molecule has 17 heteroatoms. The number of nitrogens with two attached hydrogens (primary N) is 1. The molecule has 1 heterocycles. The van der Waals surface area contributed by atoms with Crippen molar-refractivity contribution in [3.63, 3.8) is 0 Å². The summed E-state index contributed by atoms with van der Waals surface area (Å²) in [6.45, 7) is 5.33. The first-order valence-electron chi connectivity index (χ1n) is 15.3. The zero-order valence-corrected chi connectivity index (χ0v) is 29.8. The molecule has 1 atom stereocenters. The number of primary amides is 1. The van der Waals surface area contributed by atoms with E-state index in [1.54, 1.807) is 18.2 Å². The number of urea groups is 1.